The van der Waals surface area contributed by atoms with Gasteiger partial charge in [-0.25, -0.2) is 4.79 Å². The molecule has 0 saturated carbocycles. The van der Waals surface area contributed by atoms with Crippen LogP contribution in [-0.4, -0.2) is 22.5 Å². The Morgan fingerprint density at radius 1 is 1.44 bits per heavy atom. The quantitative estimate of drug-likeness (QED) is 0.812. The van der Waals surface area contributed by atoms with E-state index >= 15 is 0 Å². The molecule has 18 heavy (non-hydrogen) atoms. The van der Waals surface area contributed by atoms with E-state index in [2.05, 4.69) is 15.3 Å². The van der Waals surface area contributed by atoms with Crippen LogP contribution in [0.25, 0.3) is 0 Å². The summed E-state index contributed by atoms with van der Waals surface area (Å²) in [4.78, 5) is 19.2. The summed E-state index contributed by atoms with van der Waals surface area (Å²) in [7, 11) is 0. The second kappa shape index (κ2) is 5.81. The number of ether oxygens (including phenoxy) is 1. The molecule has 0 aliphatic carbocycles. The van der Waals surface area contributed by atoms with E-state index in [9.17, 15) is 4.79 Å². The van der Waals surface area contributed by atoms with Gasteiger partial charge in [-0.1, -0.05) is 0 Å². The van der Waals surface area contributed by atoms with Crippen molar-refractivity contribution in [1.29, 1.82) is 0 Å². The van der Waals surface area contributed by atoms with E-state index in [4.69, 9.17) is 9.15 Å². The number of anilines is 1. The summed E-state index contributed by atoms with van der Waals surface area (Å²) in [6, 6.07) is 4.04. The molecule has 0 spiro atoms. The molecule has 2 rings (SSSR count). The van der Waals surface area contributed by atoms with Crippen molar-refractivity contribution in [2.45, 2.75) is 13.5 Å². The molecule has 2 aromatic rings. The molecule has 6 heteroatoms. The van der Waals surface area contributed by atoms with Gasteiger partial charge in [0.05, 0.1) is 6.61 Å². The number of nitrogens with zero attached hydrogens (tertiary/aromatic N) is 2. The number of esters is 1. The first-order valence-corrected chi connectivity index (χ1v) is 5.55. The predicted octanol–water partition coefficient (Wildman–Crippen LogP) is 1.86. The van der Waals surface area contributed by atoms with Crippen molar-refractivity contribution in [3.63, 3.8) is 0 Å². The van der Waals surface area contributed by atoms with E-state index < -0.39 is 5.97 Å². The van der Waals surface area contributed by atoms with Gasteiger partial charge in [0, 0.05) is 18.9 Å². The maximum atomic E-state index is 11.4. The number of pyridine rings is 1. The zero-order valence-electron chi connectivity index (χ0n) is 9.92. The zero-order valence-corrected chi connectivity index (χ0v) is 9.92. The van der Waals surface area contributed by atoms with Crippen LogP contribution in [0.5, 0.6) is 0 Å². The fourth-order valence-electron chi connectivity index (χ4n) is 1.33. The number of rotatable bonds is 5. The van der Waals surface area contributed by atoms with E-state index in [1.807, 2.05) is 12.1 Å². The fraction of sp³-hybridized carbons (Fsp3) is 0.250. The van der Waals surface area contributed by atoms with Crippen molar-refractivity contribution >= 4 is 12.0 Å². The van der Waals surface area contributed by atoms with Crippen molar-refractivity contribution in [3.8, 4) is 0 Å². The van der Waals surface area contributed by atoms with Crippen LogP contribution >= 0.6 is 0 Å². The van der Waals surface area contributed by atoms with Gasteiger partial charge < -0.3 is 14.5 Å². The molecule has 0 atom stereocenters. The summed E-state index contributed by atoms with van der Waals surface area (Å²) >= 11 is 0. The van der Waals surface area contributed by atoms with Gasteiger partial charge in [-0.05, 0) is 24.6 Å². The van der Waals surface area contributed by atoms with Crippen LogP contribution in [0.1, 0.15) is 23.0 Å². The summed E-state index contributed by atoms with van der Waals surface area (Å²) < 4.78 is 9.92. The fourth-order valence-corrected chi connectivity index (χ4v) is 1.33. The van der Waals surface area contributed by atoms with Crippen molar-refractivity contribution in [2.24, 2.45) is 0 Å². The summed E-state index contributed by atoms with van der Waals surface area (Å²) in [6.45, 7) is 2.59. The Kier molecular flexibility index (Phi) is 3.90. The summed E-state index contributed by atoms with van der Waals surface area (Å²) in [5, 5.41) is 2.96. The van der Waals surface area contributed by atoms with E-state index in [-0.39, 0.29) is 11.7 Å². The average Bonchev–Trinajstić information content (AvgIpc) is 2.87. The number of hydrogen-bond donors (Lipinski definition) is 1. The molecule has 0 saturated heterocycles. The van der Waals surface area contributed by atoms with Crippen LogP contribution in [-0.2, 0) is 11.3 Å². The first kappa shape index (κ1) is 12.1. The highest BCUT2D eigenvalue weighted by Crippen LogP contribution is 2.10. The van der Waals surface area contributed by atoms with Crippen LogP contribution in [0.3, 0.4) is 0 Å². The Labute approximate surface area is 104 Å². The Bertz CT molecular complexity index is 510. The number of carbonyl (C=O) groups excluding carboxylic acids is 1. The lowest BCUT2D eigenvalue weighted by Crippen LogP contribution is -2.05. The minimum absolute atomic E-state index is 0.161. The van der Waals surface area contributed by atoms with E-state index in [1.165, 1.54) is 6.26 Å². The standard InChI is InChI=1S/C12H13N3O3/c1-2-17-11(16)10-8-18-12(15-10)14-7-9-3-5-13-6-4-9/h3-6,8H,2,7H2,1H3,(H,14,15). The van der Waals surface area contributed by atoms with Gasteiger partial charge in [0.25, 0.3) is 6.01 Å². The third kappa shape index (κ3) is 3.07. The molecule has 0 fully saturated rings. The molecule has 0 bridgehead atoms. The highest BCUT2D eigenvalue weighted by atomic mass is 16.5. The van der Waals surface area contributed by atoms with E-state index in [1.54, 1.807) is 19.3 Å². The molecular formula is C12H13N3O3. The first-order valence-electron chi connectivity index (χ1n) is 5.55. The van der Waals surface area contributed by atoms with Crippen LogP contribution in [0.2, 0.25) is 0 Å². The lowest BCUT2D eigenvalue weighted by atomic mass is 10.3. The van der Waals surface area contributed by atoms with Gasteiger partial charge in [0.15, 0.2) is 5.69 Å². The van der Waals surface area contributed by atoms with Crippen molar-refractivity contribution in [2.75, 3.05) is 11.9 Å². The lowest BCUT2D eigenvalue weighted by Gasteiger charge is -2.00. The van der Waals surface area contributed by atoms with Gasteiger partial charge >= 0.3 is 5.97 Å². The third-order valence-electron chi connectivity index (χ3n) is 2.18. The molecule has 0 unspecified atom stereocenters. The summed E-state index contributed by atoms with van der Waals surface area (Å²) in [6.07, 6.45) is 4.68. The Morgan fingerprint density at radius 2 is 2.22 bits per heavy atom. The van der Waals surface area contributed by atoms with Crippen molar-refractivity contribution in [1.82, 2.24) is 9.97 Å². The maximum absolute atomic E-state index is 11.4. The maximum Gasteiger partial charge on any atom is 0.360 e. The minimum Gasteiger partial charge on any atom is -0.461 e. The van der Waals surface area contributed by atoms with Crippen molar-refractivity contribution in [3.05, 3.63) is 42.0 Å². The number of nitrogens with one attached hydrogen (secondary N) is 1. The SMILES string of the molecule is CCOC(=O)c1coc(NCc2ccncc2)n1. The monoisotopic (exact) mass is 247 g/mol. The van der Waals surface area contributed by atoms with Gasteiger partial charge in [0.1, 0.15) is 6.26 Å². The molecule has 0 radical (unpaired) electrons. The van der Waals surface area contributed by atoms with Crippen LogP contribution in [0.4, 0.5) is 6.01 Å². The molecule has 94 valence electrons. The average molecular weight is 247 g/mol. The number of oxazole rings is 1. The Hall–Kier alpha value is -2.37. The zero-order chi connectivity index (χ0) is 12.8. The summed E-state index contributed by atoms with van der Waals surface area (Å²) in [5.74, 6) is -0.488. The largest absolute Gasteiger partial charge is 0.461 e. The molecule has 2 aromatic heterocycles. The lowest BCUT2D eigenvalue weighted by molar-refractivity contribution is 0.0519. The molecule has 0 aliphatic rings. The van der Waals surface area contributed by atoms with E-state index in [0.29, 0.717) is 13.2 Å². The number of hydrogen-bond acceptors (Lipinski definition) is 6. The highest BCUT2D eigenvalue weighted by Gasteiger charge is 2.12. The molecule has 6 nitrogen and oxygen atoms in total. The first-order chi connectivity index (χ1) is 8.79. The molecule has 0 aliphatic heterocycles. The molecular weight excluding hydrogens is 234 g/mol. The predicted molar refractivity (Wildman–Crippen MR) is 64.0 cm³/mol. The third-order valence-corrected chi connectivity index (χ3v) is 2.18. The second-order valence-electron chi connectivity index (χ2n) is 3.47. The Morgan fingerprint density at radius 3 is 2.94 bits per heavy atom. The minimum atomic E-state index is -0.488. The van der Waals surface area contributed by atoms with E-state index in [0.717, 1.165) is 5.56 Å². The smallest absolute Gasteiger partial charge is 0.360 e. The molecule has 0 amide bonds. The summed E-state index contributed by atoms with van der Waals surface area (Å²) in [5.41, 5.74) is 1.20. The van der Waals surface area contributed by atoms with Gasteiger partial charge in [-0.15, -0.1) is 0 Å². The van der Waals surface area contributed by atoms with Crippen LogP contribution < -0.4 is 5.32 Å². The van der Waals surface area contributed by atoms with Crippen molar-refractivity contribution < 1.29 is 13.9 Å². The molecule has 0 aromatic carbocycles. The number of carbonyl (C=O) groups is 1. The Balaban J connectivity index is 1.93. The highest BCUT2D eigenvalue weighted by molar-refractivity contribution is 5.87. The normalized spacial score (nSPS) is 10.1. The van der Waals surface area contributed by atoms with Gasteiger partial charge in [-0.2, -0.15) is 4.98 Å². The number of aromatic nitrogens is 2. The van der Waals surface area contributed by atoms with Gasteiger partial charge in [-0.3, -0.25) is 4.98 Å². The van der Waals surface area contributed by atoms with Gasteiger partial charge in [0.2, 0.25) is 0 Å². The van der Waals surface area contributed by atoms with Crippen LogP contribution in [0, 0.1) is 0 Å². The topological polar surface area (TPSA) is 77.2 Å². The molecule has 2 heterocycles. The molecule has 1 N–H and O–H groups in total. The second-order valence-corrected chi connectivity index (χ2v) is 3.47. The van der Waals surface area contributed by atoms with Crippen LogP contribution in [0.15, 0.2) is 35.2 Å².